The van der Waals surface area contributed by atoms with Gasteiger partial charge in [0.15, 0.2) is 0 Å². The fourth-order valence-corrected chi connectivity index (χ4v) is 6.59. The highest BCUT2D eigenvalue weighted by atomic mass is 35.5. The van der Waals surface area contributed by atoms with Gasteiger partial charge in [-0.25, -0.2) is 0 Å². The quantitative estimate of drug-likeness (QED) is 0.296. The van der Waals surface area contributed by atoms with E-state index in [9.17, 15) is 19.2 Å². The molecule has 11 heteroatoms. The molecule has 0 spiro atoms. The van der Waals surface area contributed by atoms with Crippen molar-refractivity contribution in [3.63, 3.8) is 0 Å². The SMILES string of the molecule is CNC(=O)CNC(=O)C1CN(C(=O)Cc2c[nH]c3cc(Cl)ccc23)CC2CN(C(=O)c3ccc(-c4ccncc4)cc3)CC21. The van der Waals surface area contributed by atoms with Gasteiger partial charge in [0.1, 0.15) is 0 Å². The molecule has 3 unspecified atom stereocenters. The van der Waals surface area contributed by atoms with E-state index in [0.717, 1.165) is 27.6 Å². The molecule has 0 bridgehead atoms. The van der Waals surface area contributed by atoms with Gasteiger partial charge in [0.25, 0.3) is 5.91 Å². The number of aromatic amines is 1. The standard InChI is InChI=1S/C33H33ClN6O4/c1-35-30(41)15-38-32(43)28-19-39(31(42)12-23-14-37-29-13-25(34)6-7-26(23)29)16-24-17-40(18-27(24)28)33(44)22-4-2-20(3-5-22)21-8-10-36-11-9-21/h2-11,13-14,24,27-28,37H,12,15-19H2,1H3,(H,35,41)(H,38,43). The predicted molar refractivity (Wildman–Crippen MR) is 167 cm³/mol. The number of H-pyrrole nitrogens is 1. The van der Waals surface area contributed by atoms with E-state index in [1.54, 1.807) is 28.3 Å². The smallest absolute Gasteiger partial charge is 0.253 e. The van der Waals surface area contributed by atoms with Crippen molar-refractivity contribution in [1.82, 2.24) is 30.4 Å². The summed E-state index contributed by atoms with van der Waals surface area (Å²) in [7, 11) is 1.51. The minimum Gasteiger partial charge on any atom is -0.361 e. The normalized spacial score (nSPS) is 19.5. The topological polar surface area (TPSA) is 128 Å². The molecule has 10 nitrogen and oxygen atoms in total. The second-order valence-electron chi connectivity index (χ2n) is 11.4. The molecule has 2 aliphatic heterocycles. The van der Waals surface area contributed by atoms with Crippen molar-refractivity contribution in [3.8, 4) is 11.1 Å². The molecule has 3 N–H and O–H groups in total. The molecule has 0 radical (unpaired) electrons. The number of rotatable bonds is 7. The number of hydrogen-bond donors (Lipinski definition) is 3. The second kappa shape index (κ2) is 12.5. The van der Waals surface area contributed by atoms with Crippen LogP contribution in [0.3, 0.4) is 0 Å². The lowest BCUT2D eigenvalue weighted by molar-refractivity contribution is -0.139. The summed E-state index contributed by atoms with van der Waals surface area (Å²) in [5.74, 6) is -1.59. The Morgan fingerprint density at radius 3 is 2.41 bits per heavy atom. The highest BCUT2D eigenvalue weighted by Gasteiger charge is 2.47. The average Bonchev–Trinajstić information content (AvgIpc) is 3.66. The second-order valence-corrected chi connectivity index (χ2v) is 11.9. The summed E-state index contributed by atoms with van der Waals surface area (Å²) in [6, 6.07) is 16.8. The number of hydrogen-bond acceptors (Lipinski definition) is 5. The van der Waals surface area contributed by atoms with E-state index in [1.165, 1.54) is 7.05 Å². The van der Waals surface area contributed by atoms with Gasteiger partial charge >= 0.3 is 0 Å². The molecular formula is C33H33ClN6O4. The van der Waals surface area contributed by atoms with Crippen LogP contribution in [0.1, 0.15) is 15.9 Å². The van der Waals surface area contributed by atoms with Crippen molar-refractivity contribution in [2.45, 2.75) is 6.42 Å². The Labute approximate surface area is 259 Å². The van der Waals surface area contributed by atoms with E-state index in [4.69, 9.17) is 11.6 Å². The van der Waals surface area contributed by atoms with Crippen LogP contribution in [0.15, 0.2) is 73.2 Å². The lowest BCUT2D eigenvalue weighted by atomic mass is 9.79. The number of halogens is 1. The van der Waals surface area contributed by atoms with Crippen LogP contribution in [-0.4, -0.2) is 83.2 Å². The van der Waals surface area contributed by atoms with Gasteiger partial charge in [-0.05, 0) is 64.9 Å². The summed E-state index contributed by atoms with van der Waals surface area (Å²) in [5.41, 5.74) is 4.26. The molecule has 2 aromatic heterocycles. The molecule has 226 valence electrons. The Bertz CT molecular complexity index is 1710. The summed E-state index contributed by atoms with van der Waals surface area (Å²) in [6.07, 6.45) is 5.44. The first-order chi connectivity index (χ1) is 21.3. The number of pyridine rings is 1. The molecule has 2 aliphatic rings. The zero-order valence-corrected chi connectivity index (χ0v) is 25.0. The fraction of sp³-hybridized carbons (Fsp3) is 0.303. The molecule has 4 aromatic rings. The molecule has 3 atom stereocenters. The number of carbonyl (C=O) groups excluding carboxylic acids is 4. The zero-order chi connectivity index (χ0) is 30.8. The first-order valence-corrected chi connectivity index (χ1v) is 15.0. The van der Waals surface area contributed by atoms with Crippen molar-refractivity contribution in [2.75, 3.05) is 39.8 Å². The van der Waals surface area contributed by atoms with E-state index >= 15 is 0 Å². The number of likely N-dealkylation sites (N-methyl/N-ethyl adjacent to an activating group) is 1. The third-order valence-electron chi connectivity index (χ3n) is 8.78. The zero-order valence-electron chi connectivity index (χ0n) is 24.3. The monoisotopic (exact) mass is 612 g/mol. The van der Waals surface area contributed by atoms with Gasteiger partial charge in [-0.2, -0.15) is 0 Å². The predicted octanol–water partition coefficient (Wildman–Crippen LogP) is 3.13. The highest BCUT2D eigenvalue weighted by molar-refractivity contribution is 6.31. The molecule has 4 amide bonds. The number of piperidine rings is 1. The molecule has 2 aromatic carbocycles. The molecule has 2 fully saturated rings. The van der Waals surface area contributed by atoms with Gasteiger partial charge in [0.2, 0.25) is 17.7 Å². The van der Waals surface area contributed by atoms with Crippen molar-refractivity contribution in [1.29, 1.82) is 0 Å². The van der Waals surface area contributed by atoms with Crippen LogP contribution in [0.5, 0.6) is 0 Å². The Kier molecular flexibility index (Phi) is 8.34. The lowest BCUT2D eigenvalue weighted by Crippen LogP contribution is -2.54. The van der Waals surface area contributed by atoms with Crippen LogP contribution in [0, 0.1) is 17.8 Å². The number of nitrogens with zero attached hydrogens (tertiary/aromatic N) is 3. The summed E-state index contributed by atoms with van der Waals surface area (Å²) in [4.78, 5) is 63.3. The number of aromatic nitrogens is 2. The average molecular weight is 613 g/mol. The van der Waals surface area contributed by atoms with Gasteiger partial charge in [0.05, 0.1) is 18.9 Å². The van der Waals surface area contributed by atoms with Crippen LogP contribution in [0.2, 0.25) is 5.02 Å². The first kappa shape index (κ1) is 29.4. The number of benzene rings is 2. The van der Waals surface area contributed by atoms with E-state index in [1.807, 2.05) is 54.7 Å². The van der Waals surface area contributed by atoms with E-state index in [-0.39, 0.29) is 55.0 Å². The molecule has 0 saturated carbocycles. The van der Waals surface area contributed by atoms with E-state index < -0.39 is 5.92 Å². The number of carbonyl (C=O) groups is 4. The maximum atomic E-state index is 13.6. The van der Waals surface area contributed by atoms with Crippen molar-refractivity contribution in [2.24, 2.45) is 17.8 Å². The van der Waals surface area contributed by atoms with Gasteiger partial charge in [-0.3, -0.25) is 24.2 Å². The lowest BCUT2D eigenvalue weighted by Gasteiger charge is -2.39. The highest BCUT2D eigenvalue weighted by Crippen LogP contribution is 2.37. The van der Waals surface area contributed by atoms with Crippen molar-refractivity contribution >= 4 is 46.1 Å². The molecule has 4 heterocycles. The Morgan fingerprint density at radius 1 is 0.932 bits per heavy atom. The Balaban J connectivity index is 1.19. The fourth-order valence-electron chi connectivity index (χ4n) is 6.42. The number of amides is 4. The first-order valence-electron chi connectivity index (χ1n) is 14.6. The summed E-state index contributed by atoms with van der Waals surface area (Å²) < 4.78 is 0. The Morgan fingerprint density at radius 2 is 1.66 bits per heavy atom. The van der Waals surface area contributed by atoms with Crippen molar-refractivity contribution in [3.05, 3.63) is 89.3 Å². The molecule has 44 heavy (non-hydrogen) atoms. The van der Waals surface area contributed by atoms with E-state index in [0.29, 0.717) is 30.2 Å². The van der Waals surface area contributed by atoms with Gasteiger partial charge in [-0.1, -0.05) is 29.8 Å². The third-order valence-corrected chi connectivity index (χ3v) is 9.01. The van der Waals surface area contributed by atoms with Crippen LogP contribution >= 0.6 is 11.6 Å². The van der Waals surface area contributed by atoms with Gasteiger partial charge in [0, 0.05) is 73.3 Å². The largest absolute Gasteiger partial charge is 0.361 e. The van der Waals surface area contributed by atoms with Gasteiger partial charge < -0.3 is 25.4 Å². The van der Waals surface area contributed by atoms with Crippen LogP contribution in [-0.2, 0) is 20.8 Å². The van der Waals surface area contributed by atoms with Crippen LogP contribution in [0.4, 0.5) is 0 Å². The number of nitrogens with one attached hydrogen (secondary N) is 3. The number of fused-ring (bicyclic) bond motifs is 2. The number of likely N-dealkylation sites (tertiary alicyclic amines) is 2. The van der Waals surface area contributed by atoms with Crippen molar-refractivity contribution < 1.29 is 19.2 Å². The van der Waals surface area contributed by atoms with Crippen LogP contribution < -0.4 is 10.6 Å². The van der Waals surface area contributed by atoms with E-state index in [2.05, 4.69) is 20.6 Å². The maximum Gasteiger partial charge on any atom is 0.253 e. The maximum absolute atomic E-state index is 13.6. The molecule has 0 aliphatic carbocycles. The molecule has 2 saturated heterocycles. The molecular weight excluding hydrogens is 580 g/mol. The minimum atomic E-state index is -0.559. The third kappa shape index (κ3) is 6.03. The van der Waals surface area contributed by atoms with Crippen LogP contribution in [0.25, 0.3) is 22.0 Å². The summed E-state index contributed by atoms with van der Waals surface area (Å²) >= 11 is 6.12. The summed E-state index contributed by atoms with van der Waals surface area (Å²) in [6.45, 7) is 1.35. The molecule has 6 rings (SSSR count). The minimum absolute atomic E-state index is 0.0785. The summed E-state index contributed by atoms with van der Waals surface area (Å²) in [5, 5.41) is 6.77. The van der Waals surface area contributed by atoms with Gasteiger partial charge in [-0.15, -0.1) is 0 Å². The Hall–Kier alpha value is -4.70.